The Bertz CT molecular complexity index is 1070. The number of aromatic hydroxyl groups is 1. The van der Waals surface area contributed by atoms with Crippen molar-refractivity contribution in [1.29, 1.82) is 0 Å². The van der Waals surface area contributed by atoms with Gasteiger partial charge in [0.05, 0.1) is 26.8 Å². The van der Waals surface area contributed by atoms with E-state index in [0.717, 1.165) is 17.7 Å². The zero-order chi connectivity index (χ0) is 18.3. The molecule has 2 heterocycles. The number of hydrogen-bond acceptors (Lipinski definition) is 4. The number of aromatic amines is 1. The fourth-order valence-electron chi connectivity index (χ4n) is 2.95. The summed E-state index contributed by atoms with van der Waals surface area (Å²) in [6.45, 7) is 2.51. The Morgan fingerprint density at radius 1 is 1.19 bits per heavy atom. The molecule has 0 saturated carbocycles. The second-order valence-electron chi connectivity index (χ2n) is 5.91. The second kappa shape index (κ2) is 6.67. The first-order valence-electron chi connectivity index (χ1n) is 8.18. The van der Waals surface area contributed by atoms with E-state index in [9.17, 15) is 5.11 Å². The quantitative estimate of drug-likeness (QED) is 0.461. The number of aromatic nitrogens is 1. The van der Waals surface area contributed by atoms with Gasteiger partial charge in [-0.15, -0.1) is 0 Å². The summed E-state index contributed by atoms with van der Waals surface area (Å²) in [5.41, 5.74) is 3.93. The number of rotatable bonds is 4. The first kappa shape index (κ1) is 16.9. The minimum absolute atomic E-state index is 0.0203. The van der Waals surface area contributed by atoms with Crippen molar-refractivity contribution in [2.45, 2.75) is 13.3 Å². The summed E-state index contributed by atoms with van der Waals surface area (Å²) in [6.07, 6.45) is 0.845. The molecule has 1 aliphatic rings. The predicted octanol–water partition coefficient (Wildman–Crippen LogP) is 5.45. The third kappa shape index (κ3) is 2.73. The molecule has 0 fully saturated rings. The Morgan fingerprint density at radius 3 is 2.77 bits per heavy atom. The van der Waals surface area contributed by atoms with Crippen LogP contribution in [-0.4, -0.2) is 28.1 Å². The number of hydrogen-bond donors (Lipinski definition) is 2. The zero-order valence-corrected chi connectivity index (χ0v) is 15.4. The lowest BCUT2D eigenvalue weighted by Gasteiger charge is -2.05. The lowest BCUT2D eigenvalue weighted by molar-refractivity contribution is 0.146. The van der Waals surface area contributed by atoms with Crippen molar-refractivity contribution in [2.75, 3.05) is 6.61 Å². The highest BCUT2D eigenvalue weighted by molar-refractivity contribution is 6.58. The SMILES string of the molecule is CCCO/N=C1/C(c2c(O)[nH]c3cc(Cl)c(Cl)cc23)=Nc2ccccc21. The van der Waals surface area contributed by atoms with Crippen LogP contribution in [0.3, 0.4) is 0 Å². The summed E-state index contributed by atoms with van der Waals surface area (Å²) >= 11 is 12.3. The van der Waals surface area contributed by atoms with E-state index in [1.807, 2.05) is 31.2 Å². The van der Waals surface area contributed by atoms with E-state index in [-0.39, 0.29) is 5.88 Å². The number of H-pyrrole nitrogens is 1. The number of benzene rings is 2. The monoisotopic (exact) mass is 387 g/mol. The molecule has 7 heteroatoms. The van der Waals surface area contributed by atoms with Crippen LogP contribution in [0.5, 0.6) is 5.88 Å². The number of nitrogens with one attached hydrogen (secondary N) is 1. The third-order valence-electron chi connectivity index (χ3n) is 4.12. The molecule has 1 aliphatic heterocycles. The third-order valence-corrected chi connectivity index (χ3v) is 4.85. The molecule has 0 saturated heterocycles. The lowest BCUT2D eigenvalue weighted by Crippen LogP contribution is -2.13. The first-order chi connectivity index (χ1) is 12.6. The van der Waals surface area contributed by atoms with Crippen LogP contribution in [0.25, 0.3) is 10.9 Å². The molecule has 1 aromatic heterocycles. The molecule has 0 bridgehead atoms. The molecule has 0 radical (unpaired) electrons. The van der Waals surface area contributed by atoms with Gasteiger partial charge in [0.2, 0.25) is 0 Å². The minimum Gasteiger partial charge on any atom is -0.494 e. The Kier molecular flexibility index (Phi) is 4.34. The average molecular weight is 388 g/mol. The number of halogens is 2. The first-order valence-corrected chi connectivity index (χ1v) is 8.94. The molecule has 0 aliphatic carbocycles. The fraction of sp³-hybridized carbons (Fsp3) is 0.158. The van der Waals surface area contributed by atoms with Crippen molar-refractivity contribution in [3.63, 3.8) is 0 Å². The number of fused-ring (bicyclic) bond motifs is 2. The highest BCUT2D eigenvalue weighted by atomic mass is 35.5. The summed E-state index contributed by atoms with van der Waals surface area (Å²) in [5, 5.41) is 16.3. The smallest absolute Gasteiger partial charge is 0.199 e. The van der Waals surface area contributed by atoms with Gasteiger partial charge in [0.15, 0.2) is 5.88 Å². The van der Waals surface area contributed by atoms with E-state index < -0.39 is 0 Å². The van der Waals surface area contributed by atoms with Crippen molar-refractivity contribution in [3.05, 3.63) is 57.6 Å². The van der Waals surface area contributed by atoms with Crippen LogP contribution in [-0.2, 0) is 4.84 Å². The van der Waals surface area contributed by atoms with Crippen LogP contribution in [0, 0.1) is 0 Å². The maximum absolute atomic E-state index is 10.5. The van der Waals surface area contributed by atoms with Gasteiger partial charge in [-0.05, 0) is 24.6 Å². The maximum Gasteiger partial charge on any atom is 0.199 e. The molecular weight excluding hydrogens is 373 g/mol. The molecule has 0 atom stereocenters. The van der Waals surface area contributed by atoms with Crippen LogP contribution in [0.2, 0.25) is 10.0 Å². The van der Waals surface area contributed by atoms with Gasteiger partial charge in [-0.25, -0.2) is 4.99 Å². The molecule has 0 unspecified atom stereocenters. The Hall–Kier alpha value is -2.50. The molecule has 3 aromatic rings. The van der Waals surface area contributed by atoms with E-state index in [2.05, 4.69) is 15.1 Å². The predicted molar refractivity (Wildman–Crippen MR) is 105 cm³/mol. The number of oxime groups is 1. The van der Waals surface area contributed by atoms with Gasteiger partial charge in [0.1, 0.15) is 18.0 Å². The van der Waals surface area contributed by atoms with Crippen molar-refractivity contribution in [2.24, 2.45) is 10.1 Å². The maximum atomic E-state index is 10.5. The summed E-state index contributed by atoms with van der Waals surface area (Å²) < 4.78 is 0. The molecule has 132 valence electrons. The molecular formula is C19H15Cl2N3O2. The molecule has 5 nitrogen and oxygen atoms in total. The van der Waals surface area contributed by atoms with Crippen molar-refractivity contribution < 1.29 is 9.94 Å². The van der Waals surface area contributed by atoms with Gasteiger partial charge in [-0.1, -0.05) is 53.5 Å². The lowest BCUT2D eigenvalue weighted by atomic mass is 10.0. The number of para-hydroxylation sites is 1. The van der Waals surface area contributed by atoms with Gasteiger partial charge < -0.3 is 14.9 Å². The summed E-state index contributed by atoms with van der Waals surface area (Å²) in [4.78, 5) is 13.0. The normalized spacial score (nSPS) is 14.7. The fourth-order valence-corrected chi connectivity index (χ4v) is 3.28. The highest BCUT2D eigenvalue weighted by Crippen LogP contribution is 2.38. The van der Waals surface area contributed by atoms with Crippen LogP contribution in [0.4, 0.5) is 5.69 Å². The molecule has 2 aromatic carbocycles. The summed E-state index contributed by atoms with van der Waals surface area (Å²) in [6, 6.07) is 11.0. The molecule has 0 spiro atoms. The average Bonchev–Trinajstić information content (AvgIpc) is 3.12. The van der Waals surface area contributed by atoms with Gasteiger partial charge in [-0.2, -0.15) is 0 Å². The second-order valence-corrected chi connectivity index (χ2v) is 6.73. The van der Waals surface area contributed by atoms with Crippen LogP contribution >= 0.6 is 23.2 Å². The highest BCUT2D eigenvalue weighted by Gasteiger charge is 2.29. The Balaban J connectivity index is 1.92. The summed E-state index contributed by atoms with van der Waals surface area (Å²) in [7, 11) is 0. The van der Waals surface area contributed by atoms with E-state index >= 15 is 0 Å². The van der Waals surface area contributed by atoms with E-state index in [0.29, 0.717) is 44.5 Å². The molecule has 26 heavy (non-hydrogen) atoms. The molecule has 4 rings (SSSR count). The Labute approximate surface area is 159 Å². The van der Waals surface area contributed by atoms with Gasteiger partial charge in [0.25, 0.3) is 0 Å². The number of aliphatic imine (C=N–C) groups is 1. The van der Waals surface area contributed by atoms with Crippen LogP contribution in [0.1, 0.15) is 24.5 Å². The Morgan fingerprint density at radius 2 is 1.96 bits per heavy atom. The van der Waals surface area contributed by atoms with Crippen LogP contribution < -0.4 is 0 Å². The zero-order valence-electron chi connectivity index (χ0n) is 13.9. The van der Waals surface area contributed by atoms with Crippen LogP contribution in [0.15, 0.2) is 46.5 Å². The molecule has 0 amide bonds. The van der Waals surface area contributed by atoms with E-state index in [1.165, 1.54) is 0 Å². The van der Waals surface area contributed by atoms with Gasteiger partial charge in [0, 0.05) is 10.9 Å². The largest absolute Gasteiger partial charge is 0.494 e. The van der Waals surface area contributed by atoms with Crippen molar-refractivity contribution in [3.8, 4) is 5.88 Å². The van der Waals surface area contributed by atoms with E-state index in [1.54, 1.807) is 12.1 Å². The summed E-state index contributed by atoms with van der Waals surface area (Å²) in [5.74, 6) is -0.0203. The van der Waals surface area contributed by atoms with Gasteiger partial charge in [-0.3, -0.25) is 0 Å². The van der Waals surface area contributed by atoms with Crippen molar-refractivity contribution >= 4 is 51.2 Å². The topological polar surface area (TPSA) is 70.0 Å². The number of nitrogens with zero attached hydrogens (tertiary/aromatic N) is 2. The standard InChI is InChI=1S/C19H15Cl2N3O2/c1-2-7-26-24-17-10-5-3-4-6-14(10)22-18(17)16-11-8-12(20)13(21)9-15(11)23-19(16)25/h3-6,8-9,23,25H,2,7H2,1H3/b24-17+. The van der Waals surface area contributed by atoms with Crippen molar-refractivity contribution in [1.82, 2.24) is 4.98 Å². The minimum atomic E-state index is -0.0203. The van der Waals surface area contributed by atoms with Gasteiger partial charge >= 0.3 is 0 Å². The van der Waals surface area contributed by atoms with E-state index in [4.69, 9.17) is 28.0 Å². The molecule has 2 N–H and O–H groups in total.